The fourth-order valence-electron chi connectivity index (χ4n) is 2.63. The summed E-state index contributed by atoms with van der Waals surface area (Å²) in [6.07, 6.45) is -4.52. The molecule has 0 saturated heterocycles. The molecule has 0 bridgehead atoms. The van der Waals surface area contributed by atoms with Gasteiger partial charge in [0.1, 0.15) is 0 Å². The zero-order chi connectivity index (χ0) is 18.4. The summed E-state index contributed by atoms with van der Waals surface area (Å²) in [7, 11) is 0. The van der Waals surface area contributed by atoms with Crippen molar-refractivity contribution in [2.24, 2.45) is 0 Å². The molecule has 25 heavy (non-hydrogen) atoms. The van der Waals surface area contributed by atoms with Gasteiger partial charge in [-0.2, -0.15) is 18.3 Å². The molecule has 0 aliphatic carbocycles. The molecule has 0 fully saturated rings. The lowest BCUT2D eigenvalue weighted by Gasteiger charge is -2.10. The summed E-state index contributed by atoms with van der Waals surface area (Å²) in [6.45, 7) is 1.94. The Labute approximate surface area is 145 Å². The number of aromatic nitrogens is 2. The van der Waals surface area contributed by atoms with E-state index >= 15 is 0 Å². The van der Waals surface area contributed by atoms with Gasteiger partial charge in [0.05, 0.1) is 17.6 Å². The predicted octanol–water partition coefficient (Wildman–Crippen LogP) is 4.76. The van der Waals surface area contributed by atoms with Gasteiger partial charge in [0, 0.05) is 10.4 Å². The van der Waals surface area contributed by atoms with Crippen LogP contribution in [-0.2, 0) is 12.7 Å². The van der Waals surface area contributed by atoms with E-state index < -0.39 is 17.7 Å². The normalized spacial score (nSPS) is 11.9. The van der Waals surface area contributed by atoms with E-state index in [1.165, 1.54) is 4.68 Å². The number of aryl methyl sites for hydroxylation is 1. The summed E-state index contributed by atoms with van der Waals surface area (Å²) in [5, 5.41) is 14.0. The lowest BCUT2D eigenvalue weighted by molar-refractivity contribution is -0.137. The van der Waals surface area contributed by atoms with Gasteiger partial charge in [-0.15, -0.1) is 0 Å². The quantitative estimate of drug-likeness (QED) is 0.725. The van der Waals surface area contributed by atoms with E-state index in [4.69, 9.17) is 11.6 Å². The van der Waals surface area contributed by atoms with E-state index in [1.54, 1.807) is 18.2 Å². The number of carboxylic acids is 1. The fourth-order valence-corrected chi connectivity index (χ4v) is 2.85. The first-order valence-electron chi connectivity index (χ1n) is 7.23. The molecule has 8 heteroatoms. The Bertz CT molecular complexity index is 980. The van der Waals surface area contributed by atoms with Crippen molar-refractivity contribution in [1.29, 1.82) is 0 Å². The second-order valence-electron chi connectivity index (χ2n) is 5.61. The smallest absolute Gasteiger partial charge is 0.416 e. The van der Waals surface area contributed by atoms with Crippen molar-refractivity contribution in [3.63, 3.8) is 0 Å². The third-order valence-electron chi connectivity index (χ3n) is 3.91. The maximum absolute atomic E-state index is 13.0. The van der Waals surface area contributed by atoms with Crippen LogP contribution in [0.1, 0.15) is 27.2 Å². The lowest BCUT2D eigenvalue weighted by atomic mass is 10.1. The molecule has 1 aromatic heterocycles. The minimum Gasteiger partial charge on any atom is -0.476 e. The number of benzene rings is 2. The van der Waals surface area contributed by atoms with Gasteiger partial charge in [0.15, 0.2) is 5.69 Å². The maximum atomic E-state index is 13.0. The molecule has 0 atom stereocenters. The van der Waals surface area contributed by atoms with Crippen LogP contribution in [0.5, 0.6) is 0 Å². The van der Waals surface area contributed by atoms with E-state index in [1.807, 2.05) is 6.92 Å². The average molecular weight is 369 g/mol. The van der Waals surface area contributed by atoms with E-state index in [2.05, 4.69) is 5.10 Å². The number of halogens is 4. The molecule has 0 saturated carbocycles. The third kappa shape index (κ3) is 3.32. The molecule has 3 rings (SSSR count). The van der Waals surface area contributed by atoms with Crippen molar-refractivity contribution in [2.45, 2.75) is 19.6 Å². The molecule has 0 spiro atoms. The molecular weight excluding hydrogens is 357 g/mol. The fraction of sp³-hybridized carbons (Fsp3) is 0.176. The highest BCUT2D eigenvalue weighted by molar-refractivity contribution is 6.30. The second-order valence-corrected chi connectivity index (χ2v) is 6.05. The summed E-state index contributed by atoms with van der Waals surface area (Å²) < 4.78 is 40.2. The predicted molar refractivity (Wildman–Crippen MR) is 87.0 cm³/mol. The van der Waals surface area contributed by atoms with Gasteiger partial charge in [-0.05, 0) is 48.4 Å². The minimum atomic E-state index is -4.52. The highest BCUT2D eigenvalue weighted by Crippen LogP contribution is 2.32. The van der Waals surface area contributed by atoms with Gasteiger partial charge in [-0.3, -0.25) is 4.68 Å². The van der Waals surface area contributed by atoms with E-state index in [9.17, 15) is 23.1 Å². The Morgan fingerprint density at radius 2 is 1.96 bits per heavy atom. The maximum Gasteiger partial charge on any atom is 0.416 e. The van der Waals surface area contributed by atoms with Crippen molar-refractivity contribution in [3.05, 3.63) is 63.8 Å². The standard InChI is InChI=1S/C17H12ClF3N2O2/c1-9-6-12(18)4-2-10(9)8-23-14-7-11(17(19,20)21)3-5-13(14)15(22-23)16(24)25/h2-7H,8H2,1H3,(H,24,25). The Morgan fingerprint density at radius 3 is 2.56 bits per heavy atom. The SMILES string of the molecule is Cc1cc(Cl)ccc1Cn1nc(C(=O)O)c2ccc(C(F)(F)F)cc21. The van der Waals surface area contributed by atoms with Gasteiger partial charge in [-0.1, -0.05) is 17.7 Å². The van der Waals surface area contributed by atoms with Crippen molar-refractivity contribution in [1.82, 2.24) is 9.78 Å². The van der Waals surface area contributed by atoms with Gasteiger partial charge < -0.3 is 5.11 Å². The first kappa shape index (κ1) is 17.3. The molecule has 0 amide bonds. The summed E-state index contributed by atoms with van der Waals surface area (Å²) in [5.74, 6) is -1.30. The molecular formula is C17H12ClF3N2O2. The molecule has 0 radical (unpaired) electrons. The zero-order valence-electron chi connectivity index (χ0n) is 12.9. The molecule has 130 valence electrons. The van der Waals surface area contributed by atoms with Crippen LogP contribution in [0.15, 0.2) is 36.4 Å². The van der Waals surface area contributed by atoms with Crippen LogP contribution in [0.25, 0.3) is 10.9 Å². The number of aromatic carboxylic acids is 1. The number of carboxylic acid groups (broad SMARTS) is 1. The number of rotatable bonds is 3. The van der Waals surface area contributed by atoms with Crippen LogP contribution in [0.4, 0.5) is 13.2 Å². The van der Waals surface area contributed by atoms with Crippen LogP contribution >= 0.6 is 11.6 Å². The number of hydrogen-bond acceptors (Lipinski definition) is 2. The van der Waals surface area contributed by atoms with Gasteiger partial charge in [0.25, 0.3) is 0 Å². The summed E-state index contributed by atoms with van der Waals surface area (Å²) >= 11 is 5.91. The van der Waals surface area contributed by atoms with Gasteiger partial charge in [0.2, 0.25) is 0 Å². The Kier molecular flexibility index (Phi) is 4.20. The van der Waals surface area contributed by atoms with E-state index in [0.717, 1.165) is 29.3 Å². The molecule has 2 aromatic carbocycles. The Balaban J connectivity index is 2.17. The first-order valence-corrected chi connectivity index (χ1v) is 7.60. The van der Waals surface area contributed by atoms with Crippen molar-refractivity contribution >= 4 is 28.5 Å². The molecule has 0 unspecified atom stereocenters. The van der Waals surface area contributed by atoms with Crippen molar-refractivity contribution in [2.75, 3.05) is 0 Å². The topological polar surface area (TPSA) is 55.1 Å². The summed E-state index contributed by atoms with van der Waals surface area (Å²) in [5.41, 5.74) is 0.589. The highest BCUT2D eigenvalue weighted by atomic mass is 35.5. The Morgan fingerprint density at radius 1 is 1.24 bits per heavy atom. The summed E-state index contributed by atoms with van der Waals surface area (Å²) in [6, 6.07) is 8.03. The number of alkyl halides is 3. The number of fused-ring (bicyclic) bond motifs is 1. The zero-order valence-corrected chi connectivity index (χ0v) is 13.7. The molecule has 1 heterocycles. The molecule has 1 N–H and O–H groups in total. The number of nitrogens with zero attached hydrogens (tertiary/aromatic N) is 2. The van der Waals surface area contributed by atoms with E-state index in [0.29, 0.717) is 5.02 Å². The molecule has 4 nitrogen and oxygen atoms in total. The number of hydrogen-bond donors (Lipinski definition) is 1. The van der Waals surface area contributed by atoms with Crippen LogP contribution < -0.4 is 0 Å². The monoisotopic (exact) mass is 368 g/mol. The lowest BCUT2D eigenvalue weighted by Crippen LogP contribution is -2.07. The van der Waals surface area contributed by atoms with Crippen LogP contribution in [0.2, 0.25) is 5.02 Å². The van der Waals surface area contributed by atoms with Gasteiger partial charge in [-0.25, -0.2) is 4.79 Å². The second kappa shape index (κ2) is 6.07. The molecule has 3 aromatic rings. The van der Waals surface area contributed by atoms with Crippen LogP contribution in [0, 0.1) is 6.92 Å². The average Bonchev–Trinajstić information content (AvgIpc) is 2.87. The number of carbonyl (C=O) groups is 1. The highest BCUT2D eigenvalue weighted by Gasteiger charge is 2.31. The molecule has 0 aliphatic heterocycles. The van der Waals surface area contributed by atoms with Crippen molar-refractivity contribution in [3.8, 4) is 0 Å². The van der Waals surface area contributed by atoms with Crippen LogP contribution in [0.3, 0.4) is 0 Å². The minimum absolute atomic E-state index is 0.113. The third-order valence-corrected chi connectivity index (χ3v) is 4.14. The van der Waals surface area contributed by atoms with E-state index in [-0.39, 0.29) is 23.1 Å². The summed E-state index contributed by atoms with van der Waals surface area (Å²) in [4.78, 5) is 11.4. The van der Waals surface area contributed by atoms with Gasteiger partial charge >= 0.3 is 12.1 Å². The Hall–Kier alpha value is -2.54. The largest absolute Gasteiger partial charge is 0.476 e. The first-order chi connectivity index (χ1) is 11.7. The molecule has 0 aliphatic rings. The van der Waals surface area contributed by atoms with Crippen LogP contribution in [-0.4, -0.2) is 20.9 Å². The van der Waals surface area contributed by atoms with Crippen molar-refractivity contribution < 1.29 is 23.1 Å².